The first-order chi connectivity index (χ1) is 20.4. The predicted molar refractivity (Wildman–Crippen MR) is 167 cm³/mol. The summed E-state index contributed by atoms with van der Waals surface area (Å²) in [5, 5.41) is 0. The molecule has 0 saturated carbocycles. The van der Waals surface area contributed by atoms with Crippen LogP contribution < -0.4 is 0 Å². The summed E-state index contributed by atoms with van der Waals surface area (Å²) in [6, 6.07) is 17.4. The van der Waals surface area contributed by atoms with E-state index in [2.05, 4.69) is 44.9 Å². The molecule has 6 aromatic heterocycles. The van der Waals surface area contributed by atoms with Crippen molar-refractivity contribution in [3.05, 3.63) is 163 Å². The first-order valence-electron chi connectivity index (χ1n) is 13.2. The SMILES string of the molecule is Cc1ccccn1.Cc1cccnc1.Cc1ccncc1.Cc1ccncn1.Cc1cncnc1.Cc1ncccn1. The van der Waals surface area contributed by atoms with Crippen molar-refractivity contribution in [3.63, 3.8) is 0 Å². The van der Waals surface area contributed by atoms with Crippen LogP contribution in [0.1, 0.15) is 33.9 Å². The minimum atomic E-state index is 0.822. The Bertz CT molecular complexity index is 1100. The van der Waals surface area contributed by atoms with Gasteiger partial charge in [0, 0.05) is 73.4 Å². The zero-order valence-corrected chi connectivity index (χ0v) is 25.1. The van der Waals surface area contributed by atoms with Crippen molar-refractivity contribution in [1.82, 2.24) is 44.9 Å². The van der Waals surface area contributed by atoms with Gasteiger partial charge in [-0.25, -0.2) is 29.9 Å². The van der Waals surface area contributed by atoms with Crippen molar-refractivity contribution >= 4 is 0 Å². The average Bonchev–Trinajstić information content (AvgIpc) is 3.01. The molecular weight excluding hydrogens is 522 g/mol. The molecule has 0 fully saturated rings. The van der Waals surface area contributed by atoms with E-state index in [9.17, 15) is 0 Å². The number of pyridine rings is 3. The molecule has 0 aliphatic rings. The molecule has 0 saturated heterocycles. The Hall–Kier alpha value is -5.31. The van der Waals surface area contributed by atoms with Gasteiger partial charge in [0.1, 0.15) is 18.5 Å². The average molecular weight is 562 g/mol. The number of aryl methyl sites for hydroxylation is 6. The second kappa shape index (κ2) is 23.6. The second-order valence-electron chi connectivity index (χ2n) is 8.59. The molecule has 6 aromatic rings. The lowest BCUT2D eigenvalue weighted by atomic mass is 10.3. The lowest BCUT2D eigenvalue weighted by molar-refractivity contribution is 1.05. The molecule has 0 aliphatic carbocycles. The first-order valence-corrected chi connectivity index (χ1v) is 13.2. The van der Waals surface area contributed by atoms with E-state index in [0.29, 0.717) is 0 Å². The van der Waals surface area contributed by atoms with Gasteiger partial charge in [0.15, 0.2) is 0 Å². The molecule has 0 N–H and O–H groups in total. The molecule has 0 bridgehead atoms. The summed E-state index contributed by atoms with van der Waals surface area (Å²) in [5.41, 5.74) is 5.65. The van der Waals surface area contributed by atoms with Crippen LogP contribution in [-0.2, 0) is 0 Å². The van der Waals surface area contributed by atoms with Crippen LogP contribution in [0, 0.1) is 41.5 Å². The number of rotatable bonds is 0. The molecule has 9 nitrogen and oxygen atoms in total. The van der Waals surface area contributed by atoms with Crippen molar-refractivity contribution in [2.75, 3.05) is 0 Å². The molecule has 6 heterocycles. The number of hydrogen-bond acceptors (Lipinski definition) is 9. The fraction of sp³-hybridized carbons (Fsp3) is 0.182. The molecule has 9 heteroatoms. The van der Waals surface area contributed by atoms with Crippen molar-refractivity contribution in [3.8, 4) is 0 Å². The van der Waals surface area contributed by atoms with Crippen molar-refractivity contribution in [1.29, 1.82) is 0 Å². The number of nitrogens with zero attached hydrogens (tertiary/aromatic N) is 9. The lowest BCUT2D eigenvalue weighted by Gasteiger charge is -1.82. The van der Waals surface area contributed by atoms with Crippen molar-refractivity contribution < 1.29 is 0 Å². The summed E-state index contributed by atoms with van der Waals surface area (Å²) in [6.07, 6.45) is 20.7. The van der Waals surface area contributed by atoms with Crippen LogP contribution in [0.25, 0.3) is 0 Å². The van der Waals surface area contributed by atoms with E-state index in [1.54, 1.807) is 61.8 Å². The van der Waals surface area contributed by atoms with Crippen LogP contribution in [0.5, 0.6) is 0 Å². The van der Waals surface area contributed by atoms with E-state index in [4.69, 9.17) is 0 Å². The van der Waals surface area contributed by atoms with Crippen molar-refractivity contribution in [2.45, 2.75) is 41.5 Å². The maximum atomic E-state index is 3.98. The molecule has 6 rings (SSSR count). The standard InChI is InChI=1S/3C6H7N.3C5H6N2/c1-6-2-4-7-5-3-6;1-6-3-2-4-7-5-6;1-6-4-2-3-5-7-6;1-5-2-6-4-7-3-5;1-5-2-3-6-4-7-5;1-5-6-3-2-4-7-5/h3*2-5H,1H3;3*2-4H,1H3. The Morgan fingerprint density at radius 1 is 0.357 bits per heavy atom. The second-order valence-corrected chi connectivity index (χ2v) is 8.59. The van der Waals surface area contributed by atoms with E-state index in [0.717, 1.165) is 22.8 Å². The van der Waals surface area contributed by atoms with Gasteiger partial charge in [0.2, 0.25) is 0 Å². The summed E-state index contributed by atoms with van der Waals surface area (Å²) >= 11 is 0. The van der Waals surface area contributed by atoms with Crippen LogP contribution in [0.3, 0.4) is 0 Å². The quantitative estimate of drug-likeness (QED) is 0.204. The zero-order chi connectivity index (χ0) is 30.7. The van der Waals surface area contributed by atoms with Crippen LogP contribution >= 0.6 is 0 Å². The third-order valence-electron chi connectivity index (χ3n) is 4.58. The topological polar surface area (TPSA) is 116 Å². The molecule has 216 valence electrons. The minimum absolute atomic E-state index is 0.822. The van der Waals surface area contributed by atoms with Gasteiger partial charge in [-0.05, 0) is 101 Å². The molecule has 0 amide bonds. The highest BCUT2D eigenvalue weighted by Gasteiger charge is 1.77. The minimum Gasteiger partial charge on any atom is -0.265 e. The highest BCUT2D eigenvalue weighted by molar-refractivity contribution is 5.06. The van der Waals surface area contributed by atoms with Gasteiger partial charge >= 0.3 is 0 Å². The third-order valence-corrected chi connectivity index (χ3v) is 4.58. The van der Waals surface area contributed by atoms with Gasteiger partial charge in [-0.15, -0.1) is 0 Å². The number of aromatic nitrogens is 9. The monoisotopic (exact) mass is 561 g/mol. The summed E-state index contributed by atoms with van der Waals surface area (Å²) in [6.45, 7) is 11.8. The molecule has 0 aliphatic heterocycles. The largest absolute Gasteiger partial charge is 0.265 e. The van der Waals surface area contributed by atoms with Crippen LogP contribution in [0.2, 0.25) is 0 Å². The summed E-state index contributed by atoms with van der Waals surface area (Å²) in [5.74, 6) is 0.822. The third kappa shape index (κ3) is 21.6. The molecule has 0 spiro atoms. The Labute approximate surface area is 249 Å². The molecular formula is C33H39N9. The van der Waals surface area contributed by atoms with Gasteiger partial charge in [0.05, 0.1) is 0 Å². The van der Waals surface area contributed by atoms with Crippen LogP contribution in [-0.4, -0.2) is 44.9 Å². The Kier molecular flexibility index (Phi) is 19.5. The molecule has 0 atom stereocenters. The fourth-order valence-corrected chi connectivity index (χ4v) is 2.43. The van der Waals surface area contributed by atoms with E-state index in [-0.39, 0.29) is 0 Å². The van der Waals surface area contributed by atoms with Crippen LogP contribution in [0.15, 0.2) is 129 Å². The Morgan fingerprint density at radius 3 is 1.26 bits per heavy atom. The van der Waals surface area contributed by atoms with Gasteiger partial charge in [-0.1, -0.05) is 12.1 Å². The van der Waals surface area contributed by atoms with Crippen molar-refractivity contribution in [2.24, 2.45) is 0 Å². The van der Waals surface area contributed by atoms with E-state index in [1.807, 2.05) is 96.3 Å². The van der Waals surface area contributed by atoms with E-state index < -0.39 is 0 Å². The van der Waals surface area contributed by atoms with Gasteiger partial charge in [-0.3, -0.25) is 15.0 Å². The molecule has 0 aromatic carbocycles. The summed E-state index contributed by atoms with van der Waals surface area (Å²) < 4.78 is 0. The summed E-state index contributed by atoms with van der Waals surface area (Å²) in [4.78, 5) is 34.6. The Morgan fingerprint density at radius 2 is 0.976 bits per heavy atom. The molecule has 0 unspecified atom stereocenters. The maximum Gasteiger partial charge on any atom is 0.125 e. The summed E-state index contributed by atoms with van der Waals surface area (Å²) in [7, 11) is 0. The van der Waals surface area contributed by atoms with E-state index >= 15 is 0 Å². The van der Waals surface area contributed by atoms with Gasteiger partial charge in [-0.2, -0.15) is 0 Å². The highest BCUT2D eigenvalue weighted by atomic mass is 14.8. The lowest BCUT2D eigenvalue weighted by Crippen LogP contribution is -1.80. The maximum absolute atomic E-state index is 3.98. The van der Waals surface area contributed by atoms with Gasteiger partial charge in [0.25, 0.3) is 0 Å². The van der Waals surface area contributed by atoms with E-state index in [1.165, 1.54) is 23.8 Å². The van der Waals surface area contributed by atoms with Crippen LogP contribution in [0.4, 0.5) is 0 Å². The normalized spacial score (nSPS) is 8.71. The Balaban J connectivity index is 0.000000252. The molecule has 42 heavy (non-hydrogen) atoms. The number of hydrogen-bond donors (Lipinski definition) is 0. The zero-order valence-electron chi connectivity index (χ0n) is 25.1. The predicted octanol–water partition coefficient (Wildman–Crippen LogP) is 6.53. The fourth-order valence-electron chi connectivity index (χ4n) is 2.43. The molecule has 0 radical (unpaired) electrons. The van der Waals surface area contributed by atoms with Gasteiger partial charge < -0.3 is 0 Å². The highest BCUT2D eigenvalue weighted by Crippen LogP contribution is 1.89. The smallest absolute Gasteiger partial charge is 0.125 e. The first kappa shape index (κ1) is 34.7.